The minimum atomic E-state index is -1.05. The summed E-state index contributed by atoms with van der Waals surface area (Å²) >= 11 is 0. The molecule has 1 aromatic carbocycles. The van der Waals surface area contributed by atoms with Crippen LogP contribution in [0.15, 0.2) is 47.7 Å². The van der Waals surface area contributed by atoms with E-state index in [1.807, 2.05) is 60.6 Å². The molecule has 3 aromatic heterocycles. The fraction of sp³-hybridized carbons (Fsp3) is 0.375. The Balaban J connectivity index is 2.02. The number of aromatic amines is 1. The van der Waals surface area contributed by atoms with E-state index in [0.717, 1.165) is 33.0 Å². The van der Waals surface area contributed by atoms with Crippen molar-refractivity contribution < 1.29 is 10.2 Å². The Bertz CT molecular complexity index is 1300. The van der Waals surface area contributed by atoms with Gasteiger partial charge in [0.1, 0.15) is 5.52 Å². The monoisotopic (exact) mass is 407 g/mol. The van der Waals surface area contributed by atoms with E-state index in [9.17, 15) is 15.0 Å². The molecule has 158 valence electrons. The van der Waals surface area contributed by atoms with Crippen molar-refractivity contribution in [1.29, 1.82) is 0 Å². The maximum absolute atomic E-state index is 12.3. The van der Waals surface area contributed by atoms with Gasteiger partial charge in [0.2, 0.25) is 0 Å². The molecule has 0 saturated carbocycles. The molecule has 30 heavy (non-hydrogen) atoms. The van der Waals surface area contributed by atoms with Crippen molar-refractivity contribution in [2.45, 2.75) is 51.9 Å². The molecule has 3 N–H and O–H groups in total. The average Bonchev–Trinajstić information content (AvgIpc) is 3.22. The van der Waals surface area contributed by atoms with Crippen molar-refractivity contribution in [2.24, 2.45) is 7.05 Å². The summed E-state index contributed by atoms with van der Waals surface area (Å²) < 4.78 is 3.87. The fourth-order valence-electron chi connectivity index (χ4n) is 4.17. The molecule has 1 unspecified atom stereocenters. The Labute approximate surface area is 175 Å². The maximum atomic E-state index is 12.3. The van der Waals surface area contributed by atoms with Crippen LogP contribution in [0.5, 0.6) is 0 Å². The fourth-order valence-corrected chi connectivity index (χ4v) is 4.17. The van der Waals surface area contributed by atoms with Gasteiger partial charge in [-0.2, -0.15) is 0 Å². The predicted molar refractivity (Wildman–Crippen MR) is 121 cm³/mol. The summed E-state index contributed by atoms with van der Waals surface area (Å²) in [5, 5.41) is 23.3. The molecule has 6 nitrogen and oxygen atoms in total. The first-order valence-corrected chi connectivity index (χ1v) is 10.3. The second-order valence-electron chi connectivity index (χ2n) is 9.03. The van der Waals surface area contributed by atoms with Crippen LogP contribution in [-0.4, -0.2) is 29.9 Å². The van der Waals surface area contributed by atoms with E-state index >= 15 is 0 Å². The number of hydrogen-bond donors (Lipinski definition) is 3. The van der Waals surface area contributed by atoms with E-state index in [0.29, 0.717) is 18.5 Å². The van der Waals surface area contributed by atoms with Gasteiger partial charge in [-0.25, -0.2) is 0 Å². The number of hydrogen-bond acceptors (Lipinski definition) is 3. The summed E-state index contributed by atoms with van der Waals surface area (Å²) in [4.78, 5) is 15.1. The van der Waals surface area contributed by atoms with Crippen molar-refractivity contribution >= 4 is 21.8 Å². The number of pyridine rings is 1. The molecule has 0 aliphatic heterocycles. The zero-order chi connectivity index (χ0) is 21.8. The number of benzene rings is 1. The molecule has 1 atom stereocenters. The van der Waals surface area contributed by atoms with Crippen molar-refractivity contribution in [2.75, 3.05) is 0 Å². The summed E-state index contributed by atoms with van der Waals surface area (Å²) in [6.07, 6.45) is 6.20. The quantitative estimate of drug-likeness (QED) is 0.470. The minimum absolute atomic E-state index is 0.132. The lowest BCUT2D eigenvalue weighted by Gasteiger charge is -2.24. The van der Waals surface area contributed by atoms with Crippen LogP contribution in [-0.2, 0) is 19.2 Å². The smallest absolute Gasteiger partial charge is 0.272 e. The van der Waals surface area contributed by atoms with Gasteiger partial charge >= 0.3 is 0 Å². The number of nitrogens with zero attached hydrogens (tertiary/aromatic N) is 2. The van der Waals surface area contributed by atoms with Crippen LogP contribution in [0.2, 0.25) is 0 Å². The maximum Gasteiger partial charge on any atom is 0.272 e. The summed E-state index contributed by atoms with van der Waals surface area (Å²) in [5.41, 5.74) is 2.22. The minimum Gasteiger partial charge on any atom is -0.388 e. The summed E-state index contributed by atoms with van der Waals surface area (Å²) in [6, 6.07) is 7.97. The van der Waals surface area contributed by atoms with Crippen molar-refractivity contribution in [1.82, 2.24) is 14.1 Å². The zero-order valence-electron chi connectivity index (χ0n) is 18.2. The molecule has 0 radical (unpaired) electrons. The molecule has 0 bridgehead atoms. The molecule has 0 aliphatic rings. The van der Waals surface area contributed by atoms with E-state index in [1.165, 1.54) is 0 Å². The molecular weight excluding hydrogens is 378 g/mol. The molecule has 0 saturated heterocycles. The summed E-state index contributed by atoms with van der Waals surface area (Å²) in [7, 11) is 1.86. The summed E-state index contributed by atoms with van der Waals surface area (Å²) in [6.45, 7) is 7.80. The van der Waals surface area contributed by atoms with Crippen molar-refractivity contribution in [3.63, 3.8) is 0 Å². The lowest BCUT2D eigenvalue weighted by molar-refractivity contribution is 0.0392. The third-order valence-corrected chi connectivity index (χ3v) is 6.03. The van der Waals surface area contributed by atoms with Gasteiger partial charge in [0.15, 0.2) is 0 Å². The van der Waals surface area contributed by atoms with Crippen LogP contribution in [0.3, 0.4) is 0 Å². The lowest BCUT2D eigenvalue weighted by atomic mass is 9.91. The van der Waals surface area contributed by atoms with E-state index in [4.69, 9.17) is 0 Å². The Hall–Kier alpha value is -2.83. The van der Waals surface area contributed by atoms with Crippen molar-refractivity contribution in [3.05, 3.63) is 58.8 Å². The van der Waals surface area contributed by atoms with E-state index in [1.54, 1.807) is 20.0 Å². The van der Waals surface area contributed by atoms with Gasteiger partial charge in [0.25, 0.3) is 5.56 Å². The van der Waals surface area contributed by atoms with Crippen LogP contribution >= 0.6 is 0 Å². The highest BCUT2D eigenvalue weighted by Crippen LogP contribution is 2.37. The first kappa shape index (κ1) is 20.4. The van der Waals surface area contributed by atoms with Crippen LogP contribution in [0, 0.1) is 0 Å². The van der Waals surface area contributed by atoms with E-state index < -0.39 is 11.2 Å². The Morgan fingerprint density at radius 2 is 1.83 bits per heavy atom. The van der Waals surface area contributed by atoms with Gasteiger partial charge in [0.05, 0.1) is 17.7 Å². The number of aromatic nitrogens is 3. The highest BCUT2D eigenvalue weighted by atomic mass is 16.3. The lowest BCUT2D eigenvalue weighted by Crippen LogP contribution is -2.29. The number of aryl methyl sites for hydroxylation is 1. The highest BCUT2D eigenvalue weighted by molar-refractivity contribution is 5.99. The number of nitrogens with one attached hydrogen (secondary N) is 1. The van der Waals surface area contributed by atoms with Gasteiger partial charge in [-0.3, -0.25) is 4.79 Å². The van der Waals surface area contributed by atoms with Crippen LogP contribution in [0.25, 0.3) is 32.9 Å². The molecule has 0 spiro atoms. The van der Waals surface area contributed by atoms with Gasteiger partial charge < -0.3 is 24.3 Å². The molecule has 3 heterocycles. The van der Waals surface area contributed by atoms with Crippen molar-refractivity contribution in [3.8, 4) is 11.1 Å². The molecule has 0 amide bonds. The third-order valence-electron chi connectivity index (χ3n) is 6.03. The molecule has 4 aromatic rings. The number of H-pyrrole nitrogens is 1. The van der Waals surface area contributed by atoms with Crippen LogP contribution in [0.1, 0.15) is 39.7 Å². The first-order valence-electron chi connectivity index (χ1n) is 10.3. The third kappa shape index (κ3) is 3.36. The normalized spacial score (nSPS) is 14.5. The zero-order valence-corrected chi connectivity index (χ0v) is 18.2. The number of aliphatic hydroxyl groups is 2. The van der Waals surface area contributed by atoms with Gasteiger partial charge in [-0.1, -0.05) is 6.92 Å². The average molecular weight is 408 g/mol. The Morgan fingerprint density at radius 1 is 1.10 bits per heavy atom. The molecule has 6 heteroatoms. The topological polar surface area (TPSA) is 83.2 Å². The second kappa shape index (κ2) is 6.86. The van der Waals surface area contributed by atoms with Gasteiger partial charge in [-0.15, -0.1) is 0 Å². The molecular formula is C24H29N3O3. The van der Waals surface area contributed by atoms with Gasteiger partial charge in [-0.05, 0) is 62.6 Å². The number of fused-ring (bicyclic) bond motifs is 2. The van der Waals surface area contributed by atoms with Gasteiger partial charge in [0, 0.05) is 47.5 Å². The highest BCUT2D eigenvalue weighted by Gasteiger charge is 2.25. The Morgan fingerprint density at radius 3 is 2.50 bits per heavy atom. The summed E-state index contributed by atoms with van der Waals surface area (Å²) in [5.74, 6) is 0. The largest absolute Gasteiger partial charge is 0.388 e. The van der Waals surface area contributed by atoms with Crippen LogP contribution < -0.4 is 5.56 Å². The second-order valence-corrected chi connectivity index (χ2v) is 9.03. The Kier molecular flexibility index (Phi) is 4.67. The molecule has 4 rings (SSSR count). The van der Waals surface area contributed by atoms with E-state index in [2.05, 4.69) is 11.1 Å². The molecule has 0 aliphatic carbocycles. The predicted octanol–water partition coefficient (Wildman–Crippen LogP) is 3.88. The standard InChI is InChI=1S/C24H29N3O3/c1-6-24(4,30)14-27-10-8-17-19(23(2,3)29)11-15(12-20(17)27)18-13-26(5)21-16(18)7-9-25-22(21)28/h7-13,29-30H,6,14H2,1-5H3,(H,25,28). The van der Waals surface area contributed by atoms with E-state index in [-0.39, 0.29) is 5.56 Å². The molecule has 0 fully saturated rings. The number of rotatable bonds is 5. The first-order chi connectivity index (χ1) is 14.0. The van der Waals surface area contributed by atoms with Crippen LogP contribution in [0.4, 0.5) is 0 Å². The SMILES string of the molecule is CCC(C)(O)Cn1ccc2c(C(C)(C)O)cc(-c3cn(C)c4c(=O)[nH]ccc34)cc21.